The summed E-state index contributed by atoms with van der Waals surface area (Å²) in [5, 5.41) is 0.378. The number of hydrogen-bond donors (Lipinski definition) is 0. The van der Waals surface area contributed by atoms with E-state index in [2.05, 4.69) is 0 Å². The number of methoxy groups -OCH3 is 1. The molecule has 0 saturated heterocycles. The second-order valence-electron chi connectivity index (χ2n) is 2.82. The van der Waals surface area contributed by atoms with Crippen LogP contribution in [0, 0.1) is 0 Å². The van der Waals surface area contributed by atoms with Gasteiger partial charge in [0, 0.05) is 6.08 Å². The minimum Gasteiger partial charge on any atom is -0.497 e. The summed E-state index contributed by atoms with van der Waals surface area (Å²) in [5.74, 6) is 0.469. The van der Waals surface area contributed by atoms with Gasteiger partial charge in [0.1, 0.15) is 5.75 Å². The van der Waals surface area contributed by atoms with Crippen LogP contribution in [0.15, 0.2) is 30.3 Å². The summed E-state index contributed by atoms with van der Waals surface area (Å²) < 4.78 is 5.00. The maximum Gasteiger partial charge on any atom is 0.171 e. The Hall–Kier alpha value is -0.990. The van der Waals surface area contributed by atoms with Crippen LogP contribution >= 0.6 is 23.2 Å². The topological polar surface area (TPSA) is 26.3 Å². The van der Waals surface area contributed by atoms with Crippen molar-refractivity contribution in [2.24, 2.45) is 0 Å². The number of halogens is 2. The monoisotopic (exact) mass is 244 g/mol. The molecule has 0 heterocycles. The molecule has 4 heteroatoms. The van der Waals surface area contributed by atoms with Gasteiger partial charge in [-0.25, -0.2) is 0 Å². The Morgan fingerprint density at radius 3 is 2.47 bits per heavy atom. The predicted octanol–water partition coefficient (Wildman–Crippen LogP) is 3.08. The molecule has 1 aromatic carbocycles. The van der Waals surface area contributed by atoms with Crippen LogP contribution in [0.2, 0.25) is 0 Å². The van der Waals surface area contributed by atoms with E-state index < -0.39 is 0 Å². The lowest BCUT2D eigenvalue weighted by Gasteiger charge is -2.01. The number of carbonyl (C=O) groups is 1. The molecule has 0 fully saturated rings. The summed E-state index contributed by atoms with van der Waals surface area (Å²) in [6.07, 6.45) is 1.32. The number of hydrogen-bond acceptors (Lipinski definition) is 2. The Bertz CT molecular complexity index is 369. The van der Waals surface area contributed by atoms with E-state index in [4.69, 9.17) is 27.9 Å². The highest BCUT2D eigenvalue weighted by molar-refractivity contribution is 6.50. The molecule has 0 aliphatic carbocycles. The van der Waals surface area contributed by atoms with Crippen LogP contribution in [0.25, 0.3) is 5.03 Å². The van der Waals surface area contributed by atoms with Gasteiger partial charge < -0.3 is 4.74 Å². The third kappa shape index (κ3) is 3.57. The zero-order valence-electron chi connectivity index (χ0n) is 8.17. The quantitative estimate of drug-likeness (QED) is 0.601. The molecule has 80 valence electrons. The molecule has 15 heavy (non-hydrogen) atoms. The number of allylic oxidation sites excluding steroid dienone is 1. The Balaban J connectivity index is 2.87. The molecule has 0 saturated carbocycles. The minimum atomic E-state index is -0.211. The van der Waals surface area contributed by atoms with E-state index in [1.807, 2.05) is 0 Å². The second kappa shape index (κ2) is 5.79. The van der Waals surface area contributed by atoms with Crippen LogP contribution in [0.1, 0.15) is 5.56 Å². The van der Waals surface area contributed by atoms with Gasteiger partial charge >= 0.3 is 0 Å². The zero-order valence-corrected chi connectivity index (χ0v) is 9.68. The molecule has 0 atom stereocenters. The van der Waals surface area contributed by atoms with Gasteiger partial charge in [-0.15, -0.1) is 11.6 Å². The second-order valence-corrected chi connectivity index (χ2v) is 3.50. The van der Waals surface area contributed by atoms with Gasteiger partial charge in [-0.3, -0.25) is 4.79 Å². The van der Waals surface area contributed by atoms with E-state index in [9.17, 15) is 4.79 Å². The molecule has 0 amide bonds. The summed E-state index contributed by atoms with van der Waals surface area (Å²) >= 11 is 11.3. The van der Waals surface area contributed by atoms with E-state index in [1.54, 1.807) is 31.4 Å². The Labute approximate surface area is 98.4 Å². The van der Waals surface area contributed by atoms with Crippen molar-refractivity contribution in [2.75, 3.05) is 13.0 Å². The van der Waals surface area contributed by atoms with Crippen molar-refractivity contribution in [1.29, 1.82) is 0 Å². The van der Waals surface area contributed by atoms with E-state index in [0.29, 0.717) is 5.03 Å². The van der Waals surface area contributed by atoms with Crippen molar-refractivity contribution >= 4 is 34.0 Å². The molecule has 0 unspecified atom stereocenters. The minimum absolute atomic E-state index is 0.0631. The van der Waals surface area contributed by atoms with Crippen molar-refractivity contribution in [2.45, 2.75) is 0 Å². The van der Waals surface area contributed by atoms with Crippen LogP contribution in [-0.2, 0) is 4.79 Å². The Kier molecular flexibility index (Phi) is 4.66. The third-order valence-corrected chi connectivity index (χ3v) is 2.38. The smallest absolute Gasteiger partial charge is 0.171 e. The predicted molar refractivity (Wildman–Crippen MR) is 62.6 cm³/mol. The van der Waals surface area contributed by atoms with Gasteiger partial charge in [0.05, 0.1) is 18.0 Å². The van der Waals surface area contributed by atoms with Crippen LogP contribution in [0.5, 0.6) is 5.75 Å². The number of rotatable bonds is 4. The van der Waals surface area contributed by atoms with Crippen molar-refractivity contribution in [1.82, 2.24) is 0 Å². The van der Waals surface area contributed by atoms with Gasteiger partial charge in [0.25, 0.3) is 0 Å². The van der Waals surface area contributed by atoms with Crippen LogP contribution in [0.4, 0.5) is 0 Å². The van der Waals surface area contributed by atoms with Gasteiger partial charge in [-0.05, 0) is 29.8 Å². The van der Waals surface area contributed by atoms with Crippen molar-refractivity contribution in [3.8, 4) is 5.75 Å². The highest BCUT2D eigenvalue weighted by Gasteiger charge is 2.01. The molecule has 0 N–H and O–H groups in total. The standard InChI is InChI=1S/C11H10Cl2O2/c1-15-10-4-2-8(3-5-10)11(13)6-9(14)7-12/h2-6H,7H2,1H3/b11-6+. The fourth-order valence-electron chi connectivity index (χ4n) is 1.01. The molecular formula is C11H10Cl2O2. The number of alkyl halides is 1. The normalized spacial score (nSPS) is 11.3. The molecule has 0 bridgehead atoms. The molecule has 0 spiro atoms. The lowest BCUT2D eigenvalue weighted by atomic mass is 10.2. The van der Waals surface area contributed by atoms with Crippen molar-refractivity contribution in [3.05, 3.63) is 35.9 Å². The molecular weight excluding hydrogens is 235 g/mol. The molecule has 0 radical (unpaired) electrons. The van der Waals surface area contributed by atoms with E-state index >= 15 is 0 Å². The van der Waals surface area contributed by atoms with Gasteiger partial charge in [-0.1, -0.05) is 11.6 Å². The average molecular weight is 245 g/mol. The number of ether oxygens (including phenoxy) is 1. The fourth-order valence-corrected chi connectivity index (χ4v) is 1.34. The Morgan fingerprint density at radius 2 is 2.00 bits per heavy atom. The van der Waals surface area contributed by atoms with Crippen LogP contribution in [-0.4, -0.2) is 18.8 Å². The first-order valence-corrected chi connectivity index (χ1v) is 5.19. The number of carbonyl (C=O) groups excluding carboxylic acids is 1. The molecule has 2 nitrogen and oxygen atoms in total. The largest absolute Gasteiger partial charge is 0.497 e. The summed E-state index contributed by atoms with van der Waals surface area (Å²) in [7, 11) is 1.59. The number of ketones is 1. The first-order valence-electron chi connectivity index (χ1n) is 4.28. The van der Waals surface area contributed by atoms with Crippen LogP contribution in [0.3, 0.4) is 0 Å². The SMILES string of the molecule is COc1ccc(/C(Cl)=C\C(=O)CCl)cc1. The fraction of sp³-hybridized carbons (Fsp3) is 0.182. The first kappa shape index (κ1) is 12.1. The van der Waals surface area contributed by atoms with Crippen molar-refractivity contribution in [3.63, 3.8) is 0 Å². The third-order valence-electron chi connectivity index (χ3n) is 1.79. The Morgan fingerprint density at radius 1 is 1.40 bits per heavy atom. The summed E-state index contributed by atoms with van der Waals surface area (Å²) in [5.41, 5.74) is 0.760. The summed E-state index contributed by atoms with van der Waals surface area (Å²) in [6, 6.07) is 7.10. The lowest BCUT2D eigenvalue weighted by Crippen LogP contribution is -1.93. The van der Waals surface area contributed by atoms with E-state index in [1.165, 1.54) is 6.08 Å². The highest BCUT2D eigenvalue weighted by Crippen LogP contribution is 2.21. The molecule has 0 aliphatic heterocycles. The first-order chi connectivity index (χ1) is 7.17. The lowest BCUT2D eigenvalue weighted by molar-refractivity contribution is -0.112. The van der Waals surface area contributed by atoms with Gasteiger partial charge in [0.15, 0.2) is 5.78 Å². The maximum absolute atomic E-state index is 11.0. The number of benzene rings is 1. The van der Waals surface area contributed by atoms with Gasteiger partial charge in [-0.2, -0.15) is 0 Å². The highest BCUT2D eigenvalue weighted by atomic mass is 35.5. The van der Waals surface area contributed by atoms with Crippen LogP contribution < -0.4 is 4.74 Å². The summed E-state index contributed by atoms with van der Waals surface area (Å²) in [4.78, 5) is 11.0. The van der Waals surface area contributed by atoms with Crippen molar-refractivity contribution < 1.29 is 9.53 Å². The molecule has 1 aromatic rings. The molecule has 0 aliphatic rings. The zero-order chi connectivity index (χ0) is 11.3. The maximum atomic E-state index is 11.0. The van der Waals surface area contributed by atoms with E-state index in [0.717, 1.165) is 11.3 Å². The molecule has 1 rings (SSSR count). The molecule has 0 aromatic heterocycles. The average Bonchev–Trinajstić information content (AvgIpc) is 2.29. The summed E-state index contributed by atoms with van der Waals surface area (Å²) in [6.45, 7) is 0. The van der Waals surface area contributed by atoms with Gasteiger partial charge in [0.2, 0.25) is 0 Å². The van der Waals surface area contributed by atoms with E-state index in [-0.39, 0.29) is 11.7 Å².